The average molecular weight is 407 g/mol. The van der Waals surface area contributed by atoms with Gasteiger partial charge >= 0.3 is 0 Å². The van der Waals surface area contributed by atoms with E-state index in [0.717, 1.165) is 37.8 Å². The lowest BCUT2D eigenvalue weighted by molar-refractivity contribution is 0.102. The van der Waals surface area contributed by atoms with Gasteiger partial charge in [0.2, 0.25) is 5.13 Å². The summed E-state index contributed by atoms with van der Waals surface area (Å²) in [5.41, 5.74) is 4.04. The van der Waals surface area contributed by atoms with Crippen LogP contribution in [0.15, 0.2) is 58.9 Å². The fourth-order valence-corrected chi connectivity index (χ4v) is 4.72. The van der Waals surface area contributed by atoms with Crippen LogP contribution in [-0.4, -0.2) is 26.8 Å². The Kier molecular flexibility index (Phi) is 5.36. The third-order valence-corrected chi connectivity index (χ3v) is 6.16. The molecule has 0 atom stereocenters. The highest BCUT2D eigenvalue weighted by molar-refractivity contribution is 8.01. The number of anilines is 1. The van der Waals surface area contributed by atoms with E-state index >= 15 is 0 Å². The fourth-order valence-electron chi connectivity index (χ4n) is 3.08. The van der Waals surface area contributed by atoms with E-state index in [1.807, 2.05) is 61.5 Å². The minimum atomic E-state index is -0.197. The van der Waals surface area contributed by atoms with E-state index in [0.29, 0.717) is 10.7 Å². The van der Waals surface area contributed by atoms with E-state index < -0.39 is 0 Å². The van der Waals surface area contributed by atoms with Crippen molar-refractivity contribution in [2.75, 3.05) is 11.1 Å². The second-order valence-electron chi connectivity index (χ2n) is 6.10. The monoisotopic (exact) mass is 406 g/mol. The van der Waals surface area contributed by atoms with Crippen molar-refractivity contribution in [3.63, 3.8) is 0 Å². The molecule has 7 heteroatoms. The number of hydrogen-bond acceptors (Lipinski definition) is 6. The van der Waals surface area contributed by atoms with Gasteiger partial charge in [-0.05, 0) is 24.3 Å². The highest BCUT2D eigenvalue weighted by Crippen LogP contribution is 2.31. The first-order valence-corrected chi connectivity index (χ1v) is 10.7. The number of amides is 1. The minimum Gasteiger partial charge on any atom is -0.296 e. The Morgan fingerprint density at radius 3 is 2.61 bits per heavy atom. The Bertz CT molecular complexity index is 1140. The number of fused-ring (bicyclic) bond motifs is 1. The molecule has 0 fully saturated rings. The van der Waals surface area contributed by atoms with Gasteiger partial charge in [0.05, 0.1) is 16.8 Å². The van der Waals surface area contributed by atoms with Crippen LogP contribution in [0.5, 0.6) is 0 Å². The molecule has 28 heavy (non-hydrogen) atoms. The van der Waals surface area contributed by atoms with E-state index in [2.05, 4.69) is 22.4 Å². The molecule has 1 N–H and O–H groups in total. The fraction of sp³-hybridized carbons (Fsp3) is 0.143. The Morgan fingerprint density at radius 2 is 1.82 bits per heavy atom. The van der Waals surface area contributed by atoms with Crippen molar-refractivity contribution >= 4 is 45.0 Å². The van der Waals surface area contributed by atoms with Crippen LogP contribution < -0.4 is 5.32 Å². The van der Waals surface area contributed by atoms with Gasteiger partial charge in [0.1, 0.15) is 0 Å². The molecular weight excluding hydrogens is 388 g/mol. The van der Waals surface area contributed by atoms with Crippen molar-refractivity contribution in [1.82, 2.24) is 15.2 Å². The van der Waals surface area contributed by atoms with Gasteiger partial charge < -0.3 is 0 Å². The van der Waals surface area contributed by atoms with Crippen LogP contribution in [0.2, 0.25) is 0 Å². The molecule has 4 aromatic rings. The average Bonchev–Trinajstić information content (AvgIpc) is 3.15. The summed E-state index contributed by atoms with van der Waals surface area (Å²) in [5, 5.41) is 12.4. The zero-order valence-corrected chi connectivity index (χ0v) is 17.1. The molecule has 0 saturated carbocycles. The topological polar surface area (TPSA) is 67.8 Å². The molecule has 0 aliphatic carbocycles. The molecule has 0 unspecified atom stereocenters. The first-order chi connectivity index (χ1) is 13.7. The summed E-state index contributed by atoms with van der Waals surface area (Å²) in [6.07, 6.45) is 0. The lowest BCUT2D eigenvalue weighted by atomic mass is 9.97. The largest absolute Gasteiger partial charge is 0.296 e. The van der Waals surface area contributed by atoms with Crippen molar-refractivity contribution in [2.45, 2.75) is 18.2 Å². The van der Waals surface area contributed by atoms with E-state index in [1.54, 1.807) is 11.8 Å². The molecule has 0 aliphatic rings. The third kappa shape index (κ3) is 3.63. The maximum atomic E-state index is 13.2. The second kappa shape index (κ2) is 8.08. The molecule has 140 valence electrons. The molecule has 0 spiro atoms. The van der Waals surface area contributed by atoms with Crippen LogP contribution in [0, 0.1) is 6.92 Å². The van der Waals surface area contributed by atoms with Crippen molar-refractivity contribution < 1.29 is 4.79 Å². The summed E-state index contributed by atoms with van der Waals surface area (Å²) in [7, 11) is 0. The van der Waals surface area contributed by atoms with E-state index in [1.165, 1.54) is 11.3 Å². The summed E-state index contributed by atoms with van der Waals surface area (Å²) in [5.74, 6) is 0.717. The molecule has 0 aliphatic heterocycles. The molecule has 0 saturated heterocycles. The van der Waals surface area contributed by atoms with Gasteiger partial charge in [-0.1, -0.05) is 78.6 Å². The molecule has 0 radical (unpaired) electrons. The zero-order chi connectivity index (χ0) is 19.5. The van der Waals surface area contributed by atoms with Gasteiger partial charge in [-0.15, -0.1) is 10.2 Å². The van der Waals surface area contributed by atoms with Crippen molar-refractivity contribution in [2.24, 2.45) is 0 Å². The van der Waals surface area contributed by atoms with Crippen LogP contribution in [0.3, 0.4) is 0 Å². The predicted octanol–water partition coefficient (Wildman–Crippen LogP) is 5.43. The zero-order valence-electron chi connectivity index (χ0n) is 15.5. The standard InChI is InChI=1S/C21H18N4OS2/c1-3-27-21-25-24-20(28-21)23-19(26)17-13(2)18(14-9-5-4-6-10-14)22-16-12-8-7-11-15(16)17/h4-12H,3H2,1-2H3,(H,23,24,26). The molecule has 2 aromatic heterocycles. The quantitative estimate of drug-likeness (QED) is 0.354. The van der Waals surface area contributed by atoms with Crippen molar-refractivity contribution in [3.8, 4) is 11.3 Å². The molecule has 2 aromatic carbocycles. The van der Waals surface area contributed by atoms with Crippen LogP contribution in [0.1, 0.15) is 22.8 Å². The van der Waals surface area contributed by atoms with Gasteiger partial charge in [0.15, 0.2) is 4.34 Å². The number of para-hydroxylation sites is 1. The molecule has 0 bridgehead atoms. The summed E-state index contributed by atoms with van der Waals surface area (Å²) >= 11 is 2.99. The lowest BCUT2D eigenvalue weighted by Crippen LogP contribution is -2.15. The number of hydrogen-bond donors (Lipinski definition) is 1. The van der Waals surface area contributed by atoms with E-state index in [4.69, 9.17) is 4.98 Å². The van der Waals surface area contributed by atoms with Crippen molar-refractivity contribution in [1.29, 1.82) is 0 Å². The number of carbonyl (C=O) groups is 1. The van der Waals surface area contributed by atoms with Crippen LogP contribution in [0.25, 0.3) is 22.2 Å². The van der Waals surface area contributed by atoms with Gasteiger partial charge in [-0.2, -0.15) is 0 Å². The molecule has 1 amide bonds. The number of benzene rings is 2. The highest BCUT2D eigenvalue weighted by atomic mass is 32.2. The van der Waals surface area contributed by atoms with E-state index in [9.17, 15) is 4.79 Å². The molecule has 5 nitrogen and oxygen atoms in total. The first kappa shape index (κ1) is 18.6. The van der Waals surface area contributed by atoms with Crippen LogP contribution in [0.4, 0.5) is 5.13 Å². The van der Waals surface area contributed by atoms with E-state index in [-0.39, 0.29) is 5.91 Å². The Labute approximate surface area is 171 Å². The summed E-state index contributed by atoms with van der Waals surface area (Å²) < 4.78 is 0.846. The number of nitrogens with zero attached hydrogens (tertiary/aromatic N) is 3. The highest BCUT2D eigenvalue weighted by Gasteiger charge is 2.20. The van der Waals surface area contributed by atoms with Gasteiger partial charge in [-0.3, -0.25) is 10.1 Å². The Balaban J connectivity index is 1.80. The minimum absolute atomic E-state index is 0.197. The summed E-state index contributed by atoms with van der Waals surface area (Å²) in [4.78, 5) is 18.0. The summed E-state index contributed by atoms with van der Waals surface area (Å²) in [6, 6.07) is 17.6. The maximum absolute atomic E-state index is 13.2. The number of pyridine rings is 1. The normalized spacial score (nSPS) is 10.9. The molecule has 4 rings (SSSR count). The SMILES string of the molecule is CCSc1nnc(NC(=O)c2c(C)c(-c3ccccc3)nc3ccccc23)s1. The number of nitrogens with one attached hydrogen (secondary N) is 1. The summed E-state index contributed by atoms with van der Waals surface area (Å²) in [6.45, 7) is 4.00. The van der Waals surface area contributed by atoms with Gasteiger partial charge in [-0.25, -0.2) is 4.98 Å². The Hall–Kier alpha value is -2.77. The number of carbonyl (C=O) groups excluding carboxylic acids is 1. The maximum Gasteiger partial charge on any atom is 0.258 e. The number of aromatic nitrogens is 3. The van der Waals surface area contributed by atoms with Crippen LogP contribution >= 0.6 is 23.1 Å². The smallest absolute Gasteiger partial charge is 0.258 e. The Morgan fingerprint density at radius 1 is 1.07 bits per heavy atom. The van der Waals surface area contributed by atoms with Gasteiger partial charge in [0.25, 0.3) is 5.91 Å². The third-order valence-electron chi connectivity index (χ3n) is 4.30. The van der Waals surface area contributed by atoms with Gasteiger partial charge in [0, 0.05) is 10.9 Å². The number of thioether (sulfide) groups is 1. The number of rotatable bonds is 5. The van der Waals surface area contributed by atoms with Crippen LogP contribution in [-0.2, 0) is 0 Å². The lowest BCUT2D eigenvalue weighted by Gasteiger charge is -2.14. The second-order valence-corrected chi connectivity index (χ2v) is 8.59. The molecule has 2 heterocycles. The molecular formula is C21H18N4OS2. The first-order valence-electron chi connectivity index (χ1n) is 8.89. The predicted molar refractivity (Wildman–Crippen MR) is 116 cm³/mol. The van der Waals surface area contributed by atoms with Crippen molar-refractivity contribution in [3.05, 3.63) is 65.7 Å².